The number of hydrogen-bond acceptors (Lipinski definition) is 3. The molecule has 0 radical (unpaired) electrons. The Morgan fingerprint density at radius 2 is 2.40 bits per heavy atom. The van der Waals surface area contributed by atoms with E-state index in [-0.39, 0.29) is 0 Å². The van der Waals surface area contributed by atoms with Crippen LogP contribution in [0.25, 0.3) is 0 Å². The number of amides is 1. The molecule has 80 valence electrons. The fraction of sp³-hybridized carbons (Fsp3) is 0.182. The van der Waals surface area contributed by atoms with Gasteiger partial charge in [-0.1, -0.05) is 6.08 Å². The molecule has 0 aliphatic carbocycles. The van der Waals surface area contributed by atoms with E-state index in [1.54, 1.807) is 24.3 Å². The Morgan fingerprint density at radius 3 is 2.93 bits per heavy atom. The molecule has 0 unspecified atom stereocenters. The Bertz CT molecular complexity index is 375. The third kappa shape index (κ3) is 2.74. The maximum atomic E-state index is 11.2. The van der Waals surface area contributed by atoms with Crippen LogP contribution in [0.4, 0.5) is 5.69 Å². The van der Waals surface area contributed by atoms with E-state index in [9.17, 15) is 4.79 Å². The Balaban J connectivity index is 3.03. The first-order valence-corrected chi connectivity index (χ1v) is 4.51. The summed E-state index contributed by atoms with van der Waals surface area (Å²) in [4.78, 5) is 11.2. The van der Waals surface area contributed by atoms with Crippen LogP contribution in [0.5, 0.6) is 5.75 Å². The second kappa shape index (κ2) is 5.05. The second-order valence-electron chi connectivity index (χ2n) is 2.95. The minimum Gasteiger partial charge on any atom is -0.497 e. The zero-order valence-electron chi connectivity index (χ0n) is 8.62. The highest BCUT2D eigenvalue weighted by Crippen LogP contribution is 2.21. The number of benzene rings is 1. The Labute approximate surface area is 88.7 Å². The first-order valence-electron chi connectivity index (χ1n) is 4.51. The Hall–Kier alpha value is -1.97. The molecule has 0 aliphatic heterocycles. The number of carbonyl (C=O) groups is 1. The van der Waals surface area contributed by atoms with E-state index in [0.717, 1.165) is 0 Å². The van der Waals surface area contributed by atoms with Gasteiger partial charge in [-0.2, -0.15) is 0 Å². The highest BCUT2D eigenvalue weighted by molar-refractivity contribution is 5.98. The molecule has 1 aromatic carbocycles. The molecule has 1 rings (SSSR count). The van der Waals surface area contributed by atoms with E-state index in [0.29, 0.717) is 23.5 Å². The Kier molecular flexibility index (Phi) is 3.74. The lowest BCUT2D eigenvalue weighted by molar-refractivity contribution is 0.100. The van der Waals surface area contributed by atoms with Crippen molar-refractivity contribution in [3.8, 4) is 5.75 Å². The van der Waals surface area contributed by atoms with Crippen molar-refractivity contribution < 1.29 is 9.53 Å². The molecule has 1 amide bonds. The van der Waals surface area contributed by atoms with Crippen LogP contribution in [0, 0.1) is 0 Å². The van der Waals surface area contributed by atoms with Gasteiger partial charge in [0.1, 0.15) is 5.75 Å². The van der Waals surface area contributed by atoms with Crippen LogP contribution in [0.2, 0.25) is 0 Å². The van der Waals surface area contributed by atoms with Crippen molar-refractivity contribution in [3.05, 3.63) is 36.4 Å². The molecule has 1 aromatic rings. The van der Waals surface area contributed by atoms with Crippen LogP contribution in [0.15, 0.2) is 30.9 Å². The highest BCUT2D eigenvalue weighted by Gasteiger charge is 2.08. The maximum absolute atomic E-state index is 11.2. The number of nitrogens with one attached hydrogen (secondary N) is 1. The third-order valence-corrected chi connectivity index (χ3v) is 1.93. The normalized spacial score (nSPS) is 9.40. The van der Waals surface area contributed by atoms with Crippen molar-refractivity contribution in [2.75, 3.05) is 19.0 Å². The minimum atomic E-state index is -0.486. The third-order valence-electron chi connectivity index (χ3n) is 1.93. The van der Waals surface area contributed by atoms with Gasteiger partial charge in [-0.25, -0.2) is 0 Å². The number of nitrogens with two attached hydrogens (primary N) is 1. The molecule has 3 N–H and O–H groups in total. The summed E-state index contributed by atoms with van der Waals surface area (Å²) in [6.45, 7) is 4.16. The van der Waals surface area contributed by atoms with Gasteiger partial charge in [0.15, 0.2) is 0 Å². The monoisotopic (exact) mass is 206 g/mol. The zero-order chi connectivity index (χ0) is 11.3. The molecule has 0 atom stereocenters. The fourth-order valence-corrected chi connectivity index (χ4v) is 1.19. The van der Waals surface area contributed by atoms with Crippen LogP contribution >= 0.6 is 0 Å². The molecular formula is C11H14N2O2. The van der Waals surface area contributed by atoms with Crippen LogP contribution in [0.1, 0.15) is 10.4 Å². The summed E-state index contributed by atoms with van der Waals surface area (Å²) in [5.41, 5.74) is 6.35. The molecule has 0 aromatic heterocycles. The molecule has 4 heteroatoms. The molecule has 0 bridgehead atoms. The summed E-state index contributed by atoms with van der Waals surface area (Å²) < 4.78 is 5.01. The van der Waals surface area contributed by atoms with Gasteiger partial charge in [-0.3, -0.25) is 4.79 Å². The quantitative estimate of drug-likeness (QED) is 0.715. The standard InChI is InChI=1S/C11H14N2O2/c1-3-6-13-10-5-4-8(15-2)7-9(10)11(12)14/h3-5,7,13H,1,6H2,2H3,(H2,12,14). The molecule has 0 saturated carbocycles. The number of carbonyl (C=O) groups excluding carboxylic acids is 1. The summed E-state index contributed by atoms with van der Waals surface area (Å²) in [6.07, 6.45) is 1.70. The van der Waals surface area contributed by atoms with Gasteiger partial charge in [-0.05, 0) is 18.2 Å². The van der Waals surface area contributed by atoms with Crippen LogP contribution in [0.3, 0.4) is 0 Å². The second-order valence-corrected chi connectivity index (χ2v) is 2.95. The van der Waals surface area contributed by atoms with E-state index < -0.39 is 5.91 Å². The van der Waals surface area contributed by atoms with Crippen molar-refractivity contribution in [2.45, 2.75) is 0 Å². The predicted octanol–water partition coefficient (Wildman–Crippen LogP) is 1.39. The van der Waals surface area contributed by atoms with Crippen LogP contribution < -0.4 is 15.8 Å². The van der Waals surface area contributed by atoms with Gasteiger partial charge < -0.3 is 15.8 Å². The topological polar surface area (TPSA) is 64.3 Å². The molecule has 0 aliphatic rings. The number of methoxy groups -OCH3 is 1. The maximum Gasteiger partial charge on any atom is 0.250 e. The summed E-state index contributed by atoms with van der Waals surface area (Å²) in [5, 5.41) is 3.02. The number of hydrogen-bond donors (Lipinski definition) is 2. The van der Waals surface area contributed by atoms with E-state index >= 15 is 0 Å². The fourth-order valence-electron chi connectivity index (χ4n) is 1.19. The van der Waals surface area contributed by atoms with Gasteiger partial charge in [0.2, 0.25) is 0 Å². The van der Waals surface area contributed by atoms with Crippen molar-refractivity contribution in [1.29, 1.82) is 0 Å². The van der Waals surface area contributed by atoms with Gasteiger partial charge in [0.25, 0.3) is 5.91 Å². The number of ether oxygens (including phenoxy) is 1. The van der Waals surface area contributed by atoms with Gasteiger partial charge >= 0.3 is 0 Å². The van der Waals surface area contributed by atoms with Crippen molar-refractivity contribution in [2.24, 2.45) is 5.73 Å². The van der Waals surface area contributed by atoms with Gasteiger partial charge in [-0.15, -0.1) is 6.58 Å². The zero-order valence-corrected chi connectivity index (χ0v) is 8.62. The lowest BCUT2D eigenvalue weighted by Gasteiger charge is -2.09. The summed E-state index contributed by atoms with van der Waals surface area (Å²) in [6, 6.07) is 5.12. The van der Waals surface area contributed by atoms with Gasteiger partial charge in [0, 0.05) is 12.2 Å². The van der Waals surface area contributed by atoms with Crippen molar-refractivity contribution >= 4 is 11.6 Å². The molecule has 0 heterocycles. The molecule has 0 saturated heterocycles. The SMILES string of the molecule is C=CCNc1ccc(OC)cc1C(N)=O. The van der Waals surface area contributed by atoms with E-state index in [1.807, 2.05) is 0 Å². The Morgan fingerprint density at radius 1 is 1.67 bits per heavy atom. The lowest BCUT2D eigenvalue weighted by Crippen LogP contribution is -2.14. The predicted molar refractivity (Wildman–Crippen MR) is 60.2 cm³/mol. The molecule has 15 heavy (non-hydrogen) atoms. The minimum absolute atomic E-state index is 0.413. The van der Waals surface area contributed by atoms with E-state index in [1.165, 1.54) is 7.11 Å². The summed E-state index contributed by atoms with van der Waals surface area (Å²) >= 11 is 0. The largest absolute Gasteiger partial charge is 0.497 e. The number of rotatable bonds is 5. The average Bonchev–Trinajstić information content (AvgIpc) is 2.26. The smallest absolute Gasteiger partial charge is 0.250 e. The van der Waals surface area contributed by atoms with Crippen LogP contribution in [-0.4, -0.2) is 19.6 Å². The highest BCUT2D eigenvalue weighted by atomic mass is 16.5. The van der Waals surface area contributed by atoms with Crippen molar-refractivity contribution in [3.63, 3.8) is 0 Å². The van der Waals surface area contributed by atoms with E-state index in [2.05, 4.69) is 11.9 Å². The summed E-state index contributed by atoms with van der Waals surface area (Å²) in [7, 11) is 1.54. The number of primary amides is 1. The van der Waals surface area contributed by atoms with E-state index in [4.69, 9.17) is 10.5 Å². The average molecular weight is 206 g/mol. The first-order chi connectivity index (χ1) is 7.19. The lowest BCUT2D eigenvalue weighted by atomic mass is 10.1. The van der Waals surface area contributed by atoms with Gasteiger partial charge in [0.05, 0.1) is 12.7 Å². The molecular weight excluding hydrogens is 192 g/mol. The molecule has 0 spiro atoms. The summed E-state index contributed by atoms with van der Waals surface area (Å²) in [5.74, 6) is 0.119. The number of anilines is 1. The molecule has 4 nitrogen and oxygen atoms in total. The van der Waals surface area contributed by atoms with Crippen molar-refractivity contribution in [1.82, 2.24) is 0 Å². The first kappa shape index (κ1) is 11.1. The molecule has 0 fully saturated rings. The van der Waals surface area contributed by atoms with Crippen LogP contribution in [-0.2, 0) is 0 Å².